The number of nitrogens with two attached hydrogens (primary N) is 1. The van der Waals surface area contributed by atoms with E-state index in [0.29, 0.717) is 47.4 Å². The number of hydrogen-bond acceptors (Lipinski definition) is 5. The third-order valence-corrected chi connectivity index (χ3v) is 6.13. The van der Waals surface area contributed by atoms with Crippen molar-refractivity contribution in [2.24, 2.45) is 11.7 Å². The Bertz CT molecular complexity index is 1280. The van der Waals surface area contributed by atoms with E-state index in [2.05, 4.69) is 9.80 Å². The van der Waals surface area contributed by atoms with Crippen LogP contribution in [0.15, 0.2) is 41.2 Å². The summed E-state index contributed by atoms with van der Waals surface area (Å²) < 4.78 is 15.6. The van der Waals surface area contributed by atoms with Gasteiger partial charge >= 0.3 is 0 Å². The maximum absolute atomic E-state index is 14.1. The number of aromatic hydroxyl groups is 1. The first-order chi connectivity index (χ1) is 15.7. The standard InChI is InChI=1S/C25H29FN4O3.ClH/c1-15(2)14-30-19-8-7-18(16-5-4-6-17(26)13-16)22(29-11-9-28(3)10-12-29)20(19)23(31)21(24(27)32)25(30)33;/h4-8,13,15,31H,9-12,14H2,1-3H3,(H2,27,32);1H. The molecule has 7 nitrogen and oxygen atoms in total. The Morgan fingerprint density at radius 2 is 1.82 bits per heavy atom. The maximum atomic E-state index is 14.1. The van der Waals surface area contributed by atoms with Gasteiger partial charge < -0.3 is 25.2 Å². The van der Waals surface area contributed by atoms with Crippen molar-refractivity contribution in [3.63, 3.8) is 0 Å². The van der Waals surface area contributed by atoms with E-state index in [9.17, 15) is 19.1 Å². The lowest BCUT2D eigenvalue weighted by atomic mass is 9.96. The zero-order chi connectivity index (χ0) is 23.9. The van der Waals surface area contributed by atoms with Gasteiger partial charge in [-0.15, -0.1) is 12.4 Å². The molecule has 3 aromatic rings. The van der Waals surface area contributed by atoms with Gasteiger partial charge in [-0.1, -0.05) is 32.0 Å². The number of aromatic nitrogens is 1. The molecular formula is C25H30ClFN4O3. The molecule has 0 aliphatic carbocycles. The largest absolute Gasteiger partial charge is 0.506 e. The number of fused-ring (bicyclic) bond motifs is 1. The van der Waals surface area contributed by atoms with Crippen LogP contribution >= 0.6 is 12.4 Å². The normalized spacial score (nSPS) is 14.4. The monoisotopic (exact) mass is 488 g/mol. The first kappa shape index (κ1) is 25.5. The molecule has 9 heteroatoms. The molecule has 34 heavy (non-hydrogen) atoms. The van der Waals surface area contributed by atoms with Crippen LogP contribution in [-0.4, -0.2) is 53.7 Å². The van der Waals surface area contributed by atoms with Crippen LogP contribution in [0.4, 0.5) is 10.1 Å². The molecule has 0 bridgehead atoms. The molecule has 182 valence electrons. The van der Waals surface area contributed by atoms with Gasteiger partial charge in [0.1, 0.15) is 17.1 Å². The molecule has 1 saturated heterocycles. The molecule has 0 radical (unpaired) electrons. The highest BCUT2D eigenvalue weighted by molar-refractivity contribution is 6.09. The minimum Gasteiger partial charge on any atom is -0.506 e. The number of benzene rings is 2. The van der Waals surface area contributed by atoms with Gasteiger partial charge in [-0.2, -0.15) is 0 Å². The molecule has 4 rings (SSSR count). The summed E-state index contributed by atoms with van der Waals surface area (Å²) in [5.41, 5.74) is 7.06. The predicted molar refractivity (Wildman–Crippen MR) is 136 cm³/mol. The quantitative estimate of drug-likeness (QED) is 0.574. The molecule has 1 aliphatic heterocycles. The zero-order valence-corrected chi connectivity index (χ0v) is 20.4. The highest BCUT2D eigenvalue weighted by Gasteiger charge is 2.28. The summed E-state index contributed by atoms with van der Waals surface area (Å²) in [6.45, 7) is 7.24. The highest BCUT2D eigenvalue weighted by Crippen LogP contribution is 2.42. The van der Waals surface area contributed by atoms with E-state index < -0.39 is 22.8 Å². The Labute approximate surface area is 204 Å². The van der Waals surface area contributed by atoms with E-state index in [0.717, 1.165) is 13.1 Å². The van der Waals surface area contributed by atoms with Gasteiger partial charge in [-0.05, 0) is 36.7 Å². The molecule has 1 amide bonds. The van der Waals surface area contributed by atoms with Crippen molar-refractivity contribution in [3.8, 4) is 16.9 Å². The summed E-state index contributed by atoms with van der Waals surface area (Å²) in [6.07, 6.45) is 0. The number of primary amides is 1. The van der Waals surface area contributed by atoms with Crippen molar-refractivity contribution in [3.05, 3.63) is 58.1 Å². The van der Waals surface area contributed by atoms with Gasteiger partial charge in [0.05, 0.1) is 16.6 Å². The van der Waals surface area contributed by atoms with Crippen molar-refractivity contribution in [2.75, 3.05) is 38.1 Å². The van der Waals surface area contributed by atoms with Crippen molar-refractivity contribution in [2.45, 2.75) is 20.4 Å². The lowest BCUT2D eigenvalue weighted by Crippen LogP contribution is -2.45. The number of carbonyl (C=O) groups is 1. The highest BCUT2D eigenvalue weighted by atomic mass is 35.5. The van der Waals surface area contributed by atoms with E-state index >= 15 is 0 Å². The number of carbonyl (C=O) groups excluding carboxylic acids is 1. The predicted octanol–water partition coefficient (Wildman–Crippen LogP) is 3.44. The van der Waals surface area contributed by atoms with Gasteiger partial charge in [0.2, 0.25) is 0 Å². The van der Waals surface area contributed by atoms with Crippen LogP contribution in [0.2, 0.25) is 0 Å². The Morgan fingerprint density at radius 1 is 1.15 bits per heavy atom. The fourth-order valence-corrected chi connectivity index (χ4v) is 4.53. The molecule has 3 N–H and O–H groups in total. The molecule has 1 aliphatic rings. The van der Waals surface area contributed by atoms with E-state index in [1.807, 2.05) is 27.0 Å². The van der Waals surface area contributed by atoms with Crippen LogP contribution in [0.25, 0.3) is 22.0 Å². The molecule has 0 saturated carbocycles. The summed E-state index contributed by atoms with van der Waals surface area (Å²) in [6, 6.07) is 9.87. The van der Waals surface area contributed by atoms with Gasteiger partial charge in [-0.3, -0.25) is 9.59 Å². The van der Waals surface area contributed by atoms with Crippen LogP contribution < -0.4 is 16.2 Å². The second kappa shape index (κ2) is 10.0. The summed E-state index contributed by atoms with van der Waals surface area (Å²) in [7, 11) is 2.04. The second-order valence-corrected chi connectivity index (χ2v) is 9.05. The summed E-state index contributed by atoms with van der Waals surface area (Å²) >= 11 is 0. The first-order valence-electron chi connectivity index (χ1n) is 11.1. The SMILES string of the molecule is CC(C)Cn1c(=O)c(C(N)=O)c(O)c2c(N3CCN(C)CC3)c(-c3cccc(F)c3)ccc21.Cl. The number of pyridine rings is 1. The topological polar surface area (TPSA) is 91.8 Å². The van der Waals surface area contributed by atoms with Gasteiger partial charge in [0, 0.05) is 38.3 Å². The van der Waals surface area contributed by atoms with Crippen molar-refractivity contribution in [1.82, 2.24) is 9.47 Å². The number of anilines is 1. The lowest BCUT2D eigenvalue weighted by Gasteiger charge is -2.36. The zero-order valence-electron chi connectivity index (χ0n) is 19.5. The average Bonchev–Trinajstić information content (AvgIpc) is 2.76. The Hall–Kier alpha value is -3.10. The van der Waals surface area contributed by atoms with Crippen molar-refractivity contribution >= 4 is 34.9 Å². The Kier molecular flexibility index (Phi) is 7.53. The van der Waals surface area contributed by atoms with E-state index in [1.165, 1.54) is 16.7 Å². The van der Waals surface area contributed by atoms with Crippen LogP contribution in [0, 0.1) is 11.7 Å². The molecule has 1 aromatic heterocycles. The van der Waals surface area contributed by atoms with Gasteiger partial charge in [0.15, 0.2) is 0 Å². The molecule has 1 fully saturated rings. The number of halogens is 2. The molecule has 0 unspecified atom stereocenters. The number of rotatable bonds is 5. The molecule has 2 heterocycles. The summed E-state index contributed by atoms with van der Waals surface area (Å²) in [4.78, 5) is 29.7. The summed E-state index contributed by atoms with van der Waals surface area (Å²) in [5, 5.41) is 11.6. The number of hydrogen-bond donors (Lipinski definition) is 2. The van der Waals surface area contributed by atoms with Crippen molar-refractivity contribution < 1.29 is 14.3 Å². The van der Waals surface area contributed by atoms with E-state index in [1.54, 1.807) is 18.2 Å². The fraction of sp³-hybridized carbons (Fsp3) is 0.360. The second-order valence-electron chi connectivity index (χ2n) is 9.05. The number of nitrogens with zero attached hydrogens (tertiary/aromatic N) is 3. The number of likely N-dealkylation sites (N-methyl/N-ethyl adjacent to an activating group) is 1. The number of amides is 1. The molecule has 0 spiro atoms. The number of piperazine rings is 1. The third kappa shape index (κ3) is 4.60. The average molecular weight is 489 g/mol. The van der Waals surface area contributed by atoms with Crippen LogP contribution in [0.5, 0.6) is 5.75 Å². The van der Waals surface area contributed by atoms with Gasteiger partial charge in [-0.25, -0.2) is 4.39 Å². The first-order valence-corrected chi connectivity index (χ1v) is 11.1. The third-order valence-electron chi connectivity index (χ3n) is 6.13. The van der Waals surface area contributed by atoms with Crippen LogP contribution in [0.3, 0.4) is 0 Å². The van der Waals surface area contributed by atoms with Gasteiger partial charge in [0.25, 0.3) is 11.5 Å². The molecular weight excluding hydrogens is 459 g/mol. The lowest BCUT2D eigenvalue weighted by molar-refractivity contribution is 0.0996. The van der Waals surface area contributed by atoms with Crippen LogP contribution in [0.1, 0.15) is 24.2 Å². The maximum Gasteiger partial charge on any atom is 0.267 e. The van der Waals surface area contributed by atoms with E-state index in [-0.39, 0.29) is 24.1 Å². The molecule has 0 atom stereocenters. The van der Waals surface area contributed by atoms with Crippen molar-refractivity contribution in [1.29, 1.82) is 0 Å². The Morgan fingerprint density at radius 3 is 2.41 bits per heavy atom. The van der Waals surface area contributed by atoms with Crippen LogP contribution in [-0.2, 0) is 6.54 Å². The minimum atomic E-state index is -0.975. The minimum absolute atomic E-state index is 0. The fourth-order valence-electron chi connectivity index (χ4n) is 4.53. The summed E-state index contributed by atoms with van der Waals surface area (Å²) in [5.74, 6) is -1.65. The van der Waals surface area contributed by atoms with E-state index in [4.69, 9.17) is 5.73 Å². The Balaban J connectivity index is 0.00000324. The smallest absolute Gasteiger partial charge is 0.267 e. The molecule has 2 aromatic carbocycles.